The number of benzene rings is 3. The van der Waals surface area contributed by atoms with Gasteiger partial charge in [-0.3, -0.25) is 4.79 Å². The third-order valence-corrected chi connectivity index (χ3v) is 4.98. The number of rotatable bonds is 7. The zero-order valence-corrected chi connectivity index (χ0v) is 16.5. The fourth-order valence-corrected chi connectivity index (χ4v) is 3.37. The minimum absolute atomic E-state index is 0.0850. The Kier molecular flexibility index (Phi) is 5.71. The molecule has 0 saturated carbocycles. The van der Waals surface area contributed by atoms with Gasteiger partial charge in [0.1, 0.15) is 5.52 Å². The van der Waals surface area contributed by atoms with Gasteiger partial charge in [0.2, 0.25) is 0 Å². The number of hydrogen-bond donors (Lipinski definition) is 1. The van der Waals surface area contributed by atoms with Gasteiger partial charge in [0, 0.05) is 18.0 Å². The number of carbonyl (C=O) groups is 1. The van der Waals surface area contributed by atoms with Crippen molar-refractivity contribution in [2.24, 2.45) is 0 Å². The van der Waals surface area contributed by atoms with Crippen LogP contribution in [0.2, 0.25) is 0 Å². The number of aryl methyl sites for hydroxylation is 1. The van der Waals surface area contributed by atoms with Crippen LogP contribution in [0.25, 0.3) is 11.1 Å². The molecule has 4 rings (SSSR count). The summed E-state index contributed by atoms with van der Waals surface area (Å²) in [5, 5.41) is 3.08. The maximum absolute atomic E-state index is 12.6. The van der Waals surface area contributed by atoms with E-state index in [2.05, 4.69) is 22.4 Å². The molecule has 146 valence electrons. The Hall–Kier alpha value is -3.40. The first-order chi connectivity index (χ1) is 14.2. The van der Waals surface area contributed by atoms with Gasteiger partial charge in [0.25, 0.3) is 5.91 Å². The van der Waals surface area contributed by atoms with E-state index in [-0.39, 0.29) is 11.9 Å². The maximum atomic E-state index is 12.6. The monoisotopic (exact) mass is 384 g/mol. The molecule has 4 nitrogen and oxygen atoms in total. The Morgan fingerprint density at radius 1 is 0.966 bits per heavy atom. The summed E-state index contributed by atoms with van der Waals surface area (Å²) in [6.07, 6.45) is 2.46. The van der Waals surface area contributed by atoms with Crippen LogP contribution in [0.15, 0.2) is 83.3 Å². The van der Waals surface area contributed by atoms with Crippen LogP contribution < -0.4 is 5.32 Å². The number of nitrogens with one attached hydrogen (secondary N) is 1. The third-order valence-electron chi connectivity index (χ3n) is 4.98. The smallest absolute Gasteiger partial charge is 0.251 e. The molecular formula is C25H24N2O2. The highest BCUT2D eigenvalue weighted by molar-refractivity contribution is 5.97. The van der Waals surface area contributed by atoms with Gasteiger partial charge in [0.15, 0.2) is 11.5 Å². The second kappa shape index (κ2) is 8.74. The van der Waals surface area contributed by atoms with E-state index in [1.54, 1.807) is 12.1 Å². The van der Waals surface area contributed by atoms with Crippen molar-refractivity contribution in [3.05, 3.63) is 101 Å². The van der Waals surface area contributed by atoms with Crippen molar-refractivity contribution in [3.8, 4) is 0 Å². The van der Waals surface area contributed by atoms with Gasteiger partial charge >= 0.3 is 0 Å². The van der Waals surface area contributed by atoms with Crippen molar-refractivity contribution in [1.29, 1.82) is 0 Å². The zero-order chi connectivity index (χ0) is 20.1. The lowest BCUT2D eigenvalue weighted by atomic mass is 10.1. The van der Waals surface area contributed by atoms with E-state index < -0.39 is 0 Å². The highest BCUT2D eigenvalue weighted by Crippen LogP contribution is 2.19. The summed E-state index contributed by atoms with van der Waals surface area (Å²) in [4.78, 5) is 17.2. The third kappa shape index (κ3) is 4.91. The van der Waals surface area contributed by atoms with Crippen molar-refractivity contribution in [3.63, 3.8) is 0 Å². The molecule has 4 aromatic rings. The topological polar surface area (TPSA) is 55.1 Å². The van der Waals surface area contributed by atoms with E-state index >= 15 is 0 Å². The van der Waals surface area contributed by atoms with Crippen molar-refractivity contribution >= 4 is 17.0 Å². The Balaban J connectivity index is 1.39. The lowest BCUT2D eigenvalue weighted by Crippen LogP contribution is -2.32. The number of hydrogen-bond acceptors (Lipinski definition) is 3. The standard InChI is InChI=1S/C25H24N2O2/c1-18(12-13-19-8-4-2-5-9-19)26-25(28)21-14-15-22-23(17-21)29-24(27-22)16-20-10-6-3-7-11-20/h2-11,14-15,17-18H,12-13,16H2,1H3,(H,26,28)/t18-/m0/s1. The van der Waals surface area contributed by atoms with Crippen LogP contribution >= 0.6 is 0 Å². The molecule has 0 saturated heterocycles. The van der Waals surface area contributed by atoms with Gasteiger partial charge in [0.05, 0.1) is 0 Å². The van der Waals surface area contributed by atoms with Crippen LogP contribution in [-0.2, 0) is 12.8 Å². The summed E-state index contributed by atoms with van der Waals surface area (Å²) < 4.78 is 5.88. The molecule has 0 aliphatic heterocycles. The zero-order valence-electron chi connectivity index (χ0n) is 16.5. The highest BCUT2D eigenvalue weighted by Gasteiger charge is 2.13. The Labute approximate surface area is 170 Å². The first-order valence-corrected chi connectivity index (χ1v) is 9.95. The summed E-state index contributed by atoms with van der Waals surface area (Å²) in [7, 11) is 0. The molecule has 29 heavy (non-hydrogen) atoms. The van der Waals surface area contributed by atoms with E-state index in [4.69, 9.17) is 4.42 Å². The summed E-state index contributed by atoms with van der Waals surface area (Å²) in [6.45, 7) is 2.03. The molecule has 1 atom stereocenters. The van der Waals surface area contributed by atoms with E-state index in [0.29, 0.717) is 23.5 Å². The van der Waals surface area contributed by atoms with E-state index in [9.17, 15) is 4.79 Å². The van der Waals surface area contributed by atoms with Crippen LogP contribution in [0, 0.1) is 0 Å². The van der Waals surface area contributed by atoms with Gasteiger partial charge in [-0.2, -0.15) is 0 Å². The van der Waals surface area contributed by atoms with Gasteiger partial charge in [-0.05, 0) is 49.1 Å². The molecule has 1 amide bonds. The predicted molar refractivity (Wildman–Crippen MR) is 115 cm³/mol. The Bertz CT molecular complexity index is 1090. The molecule has 0 radical (unpaired) electrons. The quantitative estimate of drug-likeness (QED) is 0.478. The van der Waals surface area contributed by atoms with Crippen molar-refractivity contribution in [2.45, 2.75) is 32.2 Å². The largest absolute Gasteiger partial charge is 0.440 e. The highest BCUT2D eigenvalue weighted by atomic mass is 16.3. The Morgan fingerprint density at radius 3 is 2.38 bits per heavy atom. The summed E-state index contributed by atoms with van der Waals surface area (Å²) in [5.41, 5.74) is 4.42. The molecule has 0 unspecified atom stereocenters. The minimum atomic E-state index is -0.0894. The number of fused-ring (bicyclic) bond motifs is 1. The molecule has 0 bridgehead atoms. The summed E-state index contributed by atoms with van der Waals surface area (Å²) in [6, 6.07) is 25.9. The van der Waals surface area contributed by atoms with Gasteiger partial charge in [-0.25, -0.2) is 4.98 Å². The molecule has 1 N–H and O–H groups in total. The van der Waals surface area contributed by atoms with E-state index in [1.165, 1.54) is 5.56 Å². The molecule has 3 aromatic carbocycles. The minimum Gasteiger partial charge on any atom is -0.440 e. The molecule has 0 spiro atoms. The van der Waals surface area contributed by atoms with Crippen LogP contribution in [0.1, 0.15) is 40.7 Å². The first kappa shape index (κ1) is 18.9. The van der Waals surface area contributed by atoms with Crippen molar-refractivity contribution < 1.29 is 9.21 Å². The SMILES string of the molecule is C[C@@H](CCc1ccccc1)NC(=O)c1ccc2nc(Cc3ccccc3)oc2c1. The van der Waals surface area contributed by atoms with Crippen LogP contribution in [0.4, 0.5) is 0 Å². The number of carbonyl (C=O) groups excluding carboxylic acids is 1. The van der Waals surface area contributed by atoms with Crippen molar-refractivity contribution in [2.75, 3.05) is 0 Å². The lowest BCUT2D eigenvalue weighted by molar-refractivity contribution is 0.0938. The molecule has 1 heterocycles. The van der Waals surface area contributed by atoms with Crippen LogP contribution in [-0.4, -0.2) is 16.9 Å². The Morgan fingerprint density at radius 2 is 1.66 bits per heavy atom. The molecule has 0 aliphatic carbocycles. The van der Waals surface area contributed by atoms with Gasteiger partial charge < -0.3 is 9.73 Å². The van der Waals surface area contributed by atoms with Crippen LogP contribution in [0.3, 0.4) is 0 Å². The summed E-state index contributed by atoms with van der Waals surface area (Å²) >= 11 is 0. The molecule has 0 aliphatic rings. The number of oxazole rings is 1. The average molecular weight is 384 g/mol. The van der Waals surface area contributed by atoms with Crippen molar-refractivity contribution in [1.82, 2.24) is 10.3 Å². The van der Waals surface area contributed by atoms with Gasteiger partial charge in [-0.15, -0.1) is 0 Å². The number of amides is 1. The second-order valence-electron chi connectivity index (χ2n) is 7.35. The van der Waals surface area contributed by atoms with E-state index in [1.807, 2.05) is 61.5 Å². The molecular weight excluding hydrogens is 360 g/mol. The predicted octanol–water partition coefficient (Wildman–Crippen LogP) is 5.17. The second-order valence-corrected chi connectivity index (χ2v) is 7.35. The molecule has 4 heteroatoms. The van der Waals surface area contributed by atoms with Crippen LogP contribution in [0.5, 0.6) is 0 Å². The number of aromatic nitrogens is 1. The first-order valence-electron chi connectivity index (χ1n) is 9.95. The number of nitrogens with zero attached hydrogens (tertiary/aromatic N) is 1. The molecule has 1 aromatic heterocycles. The lowest BCUT2D eigenvalue weighted by Gasteiger charge is -2.14. The fourth-order valence-electron chi connectivity index (χ4n) is 3.37. The molecule has 0 fully saturated rings. The maximum Gasteiger partial charge on any atom is 0.251 e. The van der Waals surface area contributed by atoms with E-state index in [0.717, 1.165) is 23.9 Å². The average Bonchev–Trinajstić information content (AvgIpc) is 3.15. The van der Waals surface area contributed by atoms with Gasteiger partial charge in [-0.1, -0.05) is 60.7 Å². The normalized spacial score (nSPS) is 12.0. The summed E-state index contributed by atoms with van der Waals surface area (Å²) in [5.74, 6) is 0.563. The fraction of sp³-hybridized carbons (Fsp3) is 0.200.